The first-order chi connectivity index (χ1) is 7.47. The van der Waals surface area contributed by atoms with Gasteiger partial charge in [0.05, 0.1) is 20.1 Å². The molecule has 0 aliphatic carbocycles. The van der Waals surface area contributed by atoms with Crippen molar-refractivity contribution in [2.45, 2.75) is 7.47 Å². The number of esters is 1. The van der Waals surface area contributed by atoms with Gasteiger partial charge in [-0.2, -0.15) is 0 Å². The zero-order valence-corrected chi connectivity index (χ0v) is 14.6. The molecule has 16 heavy (non-hydrogen) atoms. The van der Waals surface area contributed by atoms with Gasteiger partial charge in [-0.1, -0.05) is 75.9 Å². The SMILES string of the molecule is COC(=O)c1cc(C(Br)Br)ccc1C(Br)Br. The minimum atomic E-state index is -0.346. The van der Waals surface area contributed by atoms with Crippen molar-refractivity contribution in [3.8, 4) is 0 Å². The summed E-state index contributed by atoms with van der Waals surface area (Å²) in [5, 5.41) is 0. The summed E-state index contributed by atoms with van der Waals surface area (Å²) in [7, 11) is 1.37. The van der Waals surface area contributed by atoms with E-state index < -0.39 is 0 Å². The molecule has 1 rings (SSSR count). The molecule has 0 bridgehead atoms. The van der Waals surface area contributed by atoms with Crippen molar-refractivity contribution in [2.24, 2.45) is 0 Å². The van der Waals surface area contributed by atoms with Crippen molar-refractivity contribution in [1.82, 2.24) is 0 Å². The molecule has 1 aromatic carbocycles. The Hall–Kier alpha value is 0.610. The molecule has 0 N–H and O–H groups in total. The van der Waals surface area contributed by atoms with Crippen molar-refractivity contribution in [1.29, 1.82) is 0 Å². The van der Waals surface area contributed by atoms with E-state index in [1.54, 1.807) is 6.07 Å². The van der Waals surface area contributed by atoms with Gasteiger partial charge < -0.3 is 4.74 Å². The summed E-state index contributed by atoms with van der Waals surface area (Å²) in [4.78, 5) is 11.6. The summed E-state index contributed by atoms with van der Waals surface area (Å²) in [5.41, 5.74) is 2.35. The van der Waals surface area contributed by atoms with E-state index in [4.69, 9.17) is 4.74 Å². The molecule has 0 aliphatic rings. The Morgan fingerprint density at radius 2 is 1.81 bits per heavy atom. The third kappa shape index (κ3) is 3.55. The van der Waals surface area contributed by atoms with Gasteiger partial charge in [-0.05, 0) is 17.2 Å². The summed E-state index contributed by atoms with van der Waals surface area (Å²) in [6.45, 7) is 0. The molecule has 0 saturated heterocycles. The van der Waals surface area contributed by atoms with Gasteiger partial charge in [0.1, 0.15) is 0 Å². The van der Waals surface area contributed by atoms with Crippen LogP contribution in [0.1, 0.15) is 29.0 Å². The third-order valence-electron chi connectivity index (χ3n) is 1.97. The molecular weight excluding hydrogens is 472 g/mol. The maximum Gasteiger partial charge on any atom is 0.338 e. The average Bonchev–Trinajstić information content (AvgIpc) is 2.26. The molecule has 0 radical (unpaired) electrons. The Bertz CT molecular complexity index is 390. The predicted octanol–water partition coefficient (Wildman–Crippen LogP) is 5.05. The van der Waals surface area contributed by atoms with E-state index in [1.165, 1.54) is 7.11 Å². The summed E-state index contributed by atoms with van der Waals surface area (Å²) in [6, 6.07) is 5.61. The summed E-state index contributed by atoms with van der Waals surface area (Å²) in [5.74, 6) is -0.346. The number of methoxy groups -OCH3 is 1. The number of halogens is 4. The predicted molar refractivity (Wildman–Crippen MR) is 79.0 cm³/mol. The van der Waals surface area contributed by atoms with Gasteiger partial charge in [-0.3, -0.25) is 0 Å². The smallest absolute Gasteiger partial charge is 0.338 e. The maximum absolute atomic E-state index is 11.6. The maximum atomic E-state index is 11.6. The molecule has 1 aromatic rings. The quantitative estimate of drug-likeness (QED) is 0.448. The van der Waals surface area contributed by atoms with Crippen LogP contribution in [0.4, 0.5) is 0 Å². The van der Waals surface area contributed by atoms with Gasteiger partial charge >= 0.3 is 5.97 Å². The second-order valence-electron chi connectivity index (χ2n) is 2.94. The van der Waals surface area contributed by atoms with E-state index in [0.29, 0.717) is 5.56 Å². The van der Waals surface area contributed by atoms with E-state index in [1.807, 2.05) is 12.1 Å². The second-order valence-corrected chi connectivity index (χ2v) is 9.06. The number of carbonyl (C=O) groups is 1. The fourth-order valence-electron chi connectivity index (χ4n) is 1.19. The summed E-state index contributed by atoms with van der Waals surface area (Å²) in [6.07, 6.45) is 0. The molecule has 2 nitrogen and oxygen atoms in total. The molecule has 0 amide bonds. The molecule has 0 atom stereocenters. The van der Waals surface area contributed by atoms with Crippen LogP contribution in [0.2, 0.25) is 0 Å². The van der Waals surface area contributed by atoms with Gasteiger partial charge in [-0.15, -0.1) is 0 Å². The van der Waals surface area contributed by atoms with Crippen molar-refractivity contribution in [2.75, 3.05) is 7.11 Å². The number of hydrogen-bond acceptors (Lipinski definition) is 2. The lowest BCUT2D eigenvalue weighted by Gasteiger charge is -2.11. The topological polar surface area (TPSA) is 26.3 Å². The molecule has 88 valence electrons. The van der Waals surface area contributed by atoms with Crippen LogP contribution in [0.5, 0.6) is 0 Å². The molecule has 0 saturated carbocycles. The molecular formula is C10H8Br4O2. The lowest BCUT2D eigenvalue weighted by molar-refractivity contribution is 0.0599. The van der Waals surface area contributed by atoms with Crippen LogP contribution in [-0.4, -0.2) is 13.1 Å². The normalized spacial score (nSPS) is 10.9. The fourth-order valence-corrected chi connectivity index (χ4v) is 2.55. The van der Waals surface area contributed by atoms with Crippen LogP contribution in [0.3, 0.4) is 0 Å². The first-order valence-electron chi connectivity index (χ1n) is 4.25. The zero-order chi connectivity index (χ0) is 12.3. The minimum Gasteiger partial charge on any atom is -0.465 e. The highest BCUT2D eigenvalue weighted by molar-refractivity contribution is 9.24. The first kappa shape index (κ1) is 14.7. The monoisotopic (exact) mass is 476 g/mol. The van der Waals surface area contributed by atoms with Gasteiger partial charge in [0.25, 0.3) is 0 Å². The standard InChI is InChI=1S/C10H8Br4O2/c1-16-10(15)7-4-5(8(11)12)2-3-6(7)9(13)14/h2-4,8-9H,1H3. The van der Waals surface area contributed by atoms with Crippen molar-refractivity contribution < 1.29 is 9.53 Å². The Balaban J connectivity index is 3.26. The fraction of sp³-hybridized carbons (Fsp3) is 0.300. The number of alkyl halides is 4. The zero-order valence-electron chi connectivity index (χ0n) is 8.22. The number of carbonyl (C=O) groups excluding carboxylic acids is 1. The van der Waals surface area contributed by atoms with Crippen molar-refractivity contribution >= 4 is 69.7 Å². The Labute approximate surface area is 128 Å². The number of rotatable bonds is 3. The van der Waals surface area contributed by atoms with E-state index in [9.17, 15) is 4.79 Å². The Morgan fingerprint density at radius 1 is 1.19 bits per heavy atom. The molecule has 0 spiro atoms. The van der Waals surface area contributed by atoms with Crippen LogP contribution in [0, 0.1) is 0 Å². The average molecular weight is 480 g/mol. The highest BCUT2D eigenvalue weighted by atomic mass is 79.9. The van der Waals surface area contributed by atoms with Crippen molar-refractivity contribution in [3.63, 3.8) is 0 Å². The van der Waals surface area contributed by atoms with Gasteiger partial charge in [0.2, 0.25) is 0 Å². The van der Waals surface area contributed by atoms with Crippen LogP contribution in [0.25, 0.3) is 0 Å². The molecule has 0 heterocycles. The number of ether oxygens (including phenoxy) is 1. The van der Waals surface area contributed by atoms with E-state index >= 15 is 0 Å². The lowest BCUT2D eigenvalue weighted by Crippen LogP contribution is -2.06. The Morgan fingerprint density at radius 3 is 2.25 bits per heavy atom. The molecule has 0 fully saturated rings. The van der Waals surface area contributed by atoms with E-state index in [0.717, 1.165) is 11.1 Å². The van der Waals surface area contributed by atoms with Crippen LogP contribution < -0.4 is 0 Å². The number of benzene rings is 1. The van der Waals surface area contributed by atoms with Gasteiger partial charge in [0.15, 0.2) is 0 Å². The number of hydrogen-bond donors (Lipinski definition) is 0. The third-order valence-corrected chi connectivity index (χ3v) is 4.01. The molecule has 0 aromatic heterocycles. The molecule has 0 unspecified atom stereocenters. The van der Waals surface area contributed by atoms with E-state index in [-0.39, 0.29) is 13.4 Å². The molecule has 0 aliphatic heterocycles. The lowest BCUT2D eigenvalue weighted by atomic mass is 10.1. The summed E-state index contributed by atoms with van der Waals surface area (Å²) >= 11 is 13.5. The van der Waals surface area contributed by atoms with Crippen LogP contribution >= 0.6 is 63.7 Å². The highest BCUT2D eigenvalue weighted by Crippen LogP contribution is 2.36. The van der Waals surface area contributed by atoms with Crippen LogP contribution in [-0.2, 0) is 4.74 Å². The Kier molecular flexibility index (Phi) is 5.98. The van der Waals surface area contributed by atoms with E-state index in [2.05, 4.69) is 63.7 Å². The van der Waals surface area contributed by atoms with Crippen molar-refractivity contribution in [3.05, 3.63) is 34.9 Å². The summed E-state index contributed by atoms with van der Waals surface area (Å²) < 4.78 is 4.69. The molecule has 6 heteroatoms. The van der Waals surface area contributed by atoms with Crippen LogP contribution in [0.15, 0.2) is 18.2 Å². The van der Waals surface area contributed by atoms with Gasteiger partial charge in [-0.25, -0.2) is 4.79 Å². The van der Waals surface area contributed by atoms with Gasteiger partial charge in [0, 0.05) is 0 Å². The largest absolute Gasteiger partial charge is 0.465 e. The first-order valence-corrected chi connectivity index (χ1v) is 7.92. The second kappa shape index (κ2) is 6.52. The highest BCUT2D eigenvalue weighted by Gasteiger charge is 2.17. The minimum absolute atomic E-state index is 0.0153.